The minimum atomic E-state index is -0.133. The monoisotopic (exact) mass is 324 g/mol. The number of anilines is 1. The summed E-state index contributed by atoms with van der Waals surface area (Å²) in [6.07, 6.45) is 9.03. The molecule has 0 radical (unpaired) electrons. The number of aromatic amines is 1. The molecule has 1 amide bonds. The molecule has 4 rings (SSSR count). The van der Waals surface area contributed by atoms with Crippen LogP contribution < -0.4 is 5.32 Å². The highest BCUT2D eigenvalue weighted by molar-refractivity contribution is 6.06. The van der Waals surface area contributed by atoms with Gasteiger partial charge in [0.1, 0.15) is 0 Å². The molecule has 0 bridgehead atoms. The summed E-state index contributed by atoms with van der Waals surface area (Å²) in [4.78, 5) is 15.5. The van der Waals surface area contributed by atoms with Crippen molar-refractivity contribution in [3.63, 3.8) is 0 Å². The standard InChI is InChI=1S/C18H20N4O2/c23-18(14-4-5-17-13(9-14)6-7-19-17)21-15-10-20-22(11-15)12-16-3-1-2-8-24-16/h4-7,9-11,16,19H,1-3,8,12H2,(H,21,23)/t16-/m0/s1. The quantitative estimate of drug-likeness (QED) is 0.774. The van der Waals surface area contributed by atoms with Gasteiger partial charge >= 0.3 is 0 Å². The largest absolute Gasteiger partial charge is 0.376 e. The zero-order valence-electron chi connectivity index (χ0n) is 13.4. The van der Waals surface area contributed by atoms with Crippen LogP contribution in [0.3, 0.4) is 0 Å². The highest BCUT2D eigenvalue weighted by Crippen LogP contribution is 2.17. The molecule has 0 aliphatic carbocycles. The Bertz CT molecular complexity index is 845. The number of H-pyrrole nitrogens is 1. The topological polar surface area (TPSA) is 71.9 Å². The summed E-state index contributed by atoms with van der Waals surface area (Å²) in [5.74, 6) is -0.133. The first-order valence-electron chi connectivity index (χ1n) is 8.30. The van der Waals surface area contributed by atoms with E-state index in [2.05, 4.69) is 15.4 Å². The molecular formula is C18H20N4O2. The number of benzene rings is 1. The van der Waals surface area contributed by atoms with Gasteiger partial charge in [0.25, 0.3) is 5.91 Å². The maximum absolute atomic E-state index is 12.4. The summed E-state index contributed by atoms with van der Waals surface area (Å²) < 4.78 is 7.56. The van der Waals surface area contributed by atoms with Crippen LogP contribution in [0.4, 0.5) is 5.69 Å². The van der Waals surface area contributed by atoms with Crippen LogP contribution in [-0.4, -0.2) is 33.4 Å². The van der Waals surface area contributed by atoms with Crippen LogP contribution in [0.2, 0.25) is 0 Å². The van der Waals surface area contributed by atoms with Gasteiger partial charge in [-0.25, -0.2) is 0 Å². The number of rotatable bonds is 4. The van der Waals surface area contributed by atoms with Crippen LogP contribution in [0.15, 0.2) is 42.9 Å². The number of nitrogens with zero attached hydrogens (tertiary/aromatic N) is 2. The zero-order valence-corrected chi connectivity index (χ0v) is 13.4. The van der Waals surface area contributed by atoms with Crippen molar-refractivity contribution in [1.29, 1.82) is 0 Å². The fourth-order valence-corrected chi connectivity index (χ4v) is 3.09. The second kappa shape index (κ2) is 6.49. The number of carbonyl (C=O) groups excluding carboxylic acids is 1. The van der Waals surface area contributed by atoms with Crippen molar-refractivity contribution in [2.24, 2.45) is 0 Å². The lowest BCUT2D eigenvalue weighted by Crippen LogP contribution is -2.24. The smallest absolute Gasteiger partial charge is 0.255 e. The molecule has 1 aliphatic rings. The fourth-order valence-electron chi connectivity index (χ4n) is 3.09. The summed E-state index contributed by atoms with van der Waals surface area (Å²) in [6, 6.07) is 7.55. The Morgan fingerprint density at radius 3 is 3.21 bits per heavy atom. The van der Waals surface area contributed by atoms with E-state index in [-0.39, 0.29) is 12.0 Å². The van der Waals surface area contributed by atoms with Crippen LogP contribution in [0.25, 0.3) is 10.9 Å². The summed E-state index contributed by atoms with van der Waals surface area (Å²) >= 11 is 0. The number of hydrogen-bond acceptors (Lipinski definition) is 3. The first kappa shape index (κ1) is 15.0. The van der Waals surface area contributed by atoms with Crippen molar-refractivity contribution in [3.8, 4) is 0 Å². The van der Waals surface area contributed by atoms with E-state index in [0.717, 1.165) is 36.9 Å². The first-order valence-corrected chi connectivity index (χ1v) is 8.30. The summed E-state index contributed by atoms with van der Waals surface area (Å²) in [5, 5.41) is 8.24. The van der Waals surface area contributed by atoms with Gasteiger partial charge in [-0.15, -0.1) is 0 Å². The Kier molecular flexibility index (Phi) is 4.04. The molecule has 2 N–H and O–H groups in total. The van der Waals surface area contributed by atoms with E-state index in [4.69, 9.17) is 4.74 Å². The third-order valence-electron chi connectivity index (χ3n) is 4.37. The lowest BCUT2D eigenvalue weighted by atomic mass is 10.1. The third-order valence-corrected chi connectivity index (χ3v) is 4.37. The number of carbonyl (C=O) groups is 1. The lowest BCUT2D eigenvalue weighted by Gasteiger charge is -2.22. The van der Waals surface area contributed by atoms with Gasteiger partial charge in [-0.2, -0.15) is 5.10 Å². The molecule has 1 fully saturated rings. The number of nitrogens with one attached hydrogen (secondary N) is 2. The van der Waals surface area contributed by atoms with Crippen molar-refractivity contribution in [1.82, 2.24) is 14.8 Å². The van der Waals surface area contributed by atoms with Crippen LogP contribution in [0.1, 0.15) is 29.6 Å². The molecule has 1 saturated heterocycles. The second-order valence-electron chi connectivity index (χ2n) is 6.17. The number of amides is 1. The molecule has 0 unspecified atom stereocenters. The minimum Gasteiger partial charge on any atom is -0.376 e. The maximum Gasteiger partial charge on any atom is 0.255 e. The Balaban J connectivity index is 1.41. The van der Waals surface area contributed by atoms with E-state index < -0.39 is 0 Å². The average Bonchev–Trinajstić information content (AvgIpc) is 3.24. The molecule has 24 heavy (non-hydrogen) atoms. The third kappa shape index (κ3) is 3.19. The van der Waals surface area contributed by atoms with E-state index >= 15 is 0 Å². The summed E-state index contributed by atoms with van der Waals surface area (Å²) in [5.41, 5.74) is 2.35. The molecule has 1 aliphatic heterocycles. The summed E-state index contributed by atoms with van der Waals surface area (Å²) in [7, 11) is 0. The van der Waals surface area contributed by atoms with Crippen molar-refractivity contribution < 1.29 is 9.53 Å². The molecule has 2 aromatic heterocycles. The summed E-state index contributed by atoms with van der Waals surface area (Å²) in [6.45, 7) is 1.56. The van der Waals surface area contributed by atoms with Crippen molar-refractivity contribution in [2.75, 3.05) is 11.9 Å². The first-order chi connectivity index (χ1) is 11.8. The van der Waals surface area contributed by atoms with Gasteiger partial charge in [0, 0.05) is 35.5 Å². The number of ether oxygens (including phenoxy) is 1. The van der Waals surface area contributed by atoms with E-state index in [9.17, 15) is 4.79 Å². The predicted octanol–water partition coefficient (Wildman–Crippen LogP) is 3.19. The highest BCUT2D eigenvalue weighted by Gasteiger charge is 2.15. The SMILES string of the molecule is O=C(Nc1cnn(C[C@@H]2CCCCO2)c1)c1ccc2[nH]ccc2c1. The van der Waals surface area contributed by atoms with Gasteiger partial charge in [-0.1, -0.05) is 0 Å². The van der Waals surface area contributed by atoms with Gasteiger partial charge < -0.3 is 15.0 Å². The number of hydrogen-bond donors (Lipinski definition) is 2. The van der Waals surface area contributed by atoms with Crippen molar-refractivity contribution in [3.05, 3.63) is 48.4 Å². The van der Waals surface area contributed by atoms with Crippen LogP contribution in [0, 0.1) is 0 Å². The van der Waals surface area contributed by atoms with Crippen LogP contribution in [-0.2, 0) is 11.3 Å². The van der Waals surface area contributed by atoms with Crippen molar-refractivity contribution >= 4 is 22.5 Å². The van der Waals surface area contributed by atoms with Gasteiger partial charge in [-0.3, -0.25) is 9.48 Å². The normalized spacial score (nSPS) is 17.9. The van der Waals surface area contributed by atoms with Gasteiger partial charge in [-0.05, 0) is 43.5 Å². The molecule has 3 heterocycles. The van der Waals surface area contributed by atoms with Crippen LogP contribution >= 0.6 is 0 Å². The zero-order chi connectivity index (χ0) is 16.4. The van der Waals surface area contributed by atoms with Crippen LogP contribution in [0.5, 0.6) is 0 Å². The van der Waals surface area contributed by atoms with Crippen molar-refractivity contribution in [2.45, 2.75) is 31.9 Å². The predicted molar refractivity (Wildman–Crippen MR) is 92.1 cm³/mol. The van der Waals surface area contributed by atoms with Gasteiger partial charge in [0.05, 0.1) is 24.5 Å². The second-order valence-corrected chi connectivity index (χ2v) is 6.17. The maximum atomic E-state index is 12.4. The molecule has 1 atom stereocenters. The van der Waals surface area contributed by atoms with E-state index in [1.807, 2.05) is 41.3 Å². The molecule has 6 nitrogen and oxygen atoms in total. The molecule has 6 heteroatoms. The molecule has 3 aromatic rings. The highest BCUT2D eigenvalue weighted by atomic mass is 16.5. The van der Waals surface area contributed by atoms with E-state index in [0.29, 0.717) is 11.3 Å². The molecule has 0 spiro atoms. The average molecular weight is 324 g/mol. The Hall–Kier alpha value is -2.60. The number of fused-ring (bicyclic) bond motifs is 1. The molecule has 1 aromatic carbocycles. The number of aromatic nitrogens is 3. The lowest BCUT2D eigenvalue weighted by molar-refractivity contribution is 0.00401. The van der Waals surface area contributed by atoms with Gasteiger partial charge in [0.2, 0.25) is 0 Å². The Morgan fingerprint density at radius 2 is 2.33 bits per heavy atom. The molecular weight excluding hydrogens is 304 g/mol. The van der Waals surface area contributed by atoms with Gasteiger partial charge in [0.15, 0.2) is 0 Å². The van der Waals surface area contributed by atoms with E-state index in [1.54, 1.807) is 6.20 Å². The minimum absolute atomic E-state index is 0.133. The van der Waals surface area contributed by atoms with E-state index in [1.165, 1.54) is 6.42 Å². The fraction of sp³-hybridized carbons (Fsp3) is 0.333. The molecule has 124 valence electrons. The Labute approximate surface area is 139 Å². The Morgan fingerprint density at radius 1 is 1.38 bits per heavy atom. The molecule has 0 saturated carbocycles.